The Hall–Kier alpha value is -1.46. The van der Waals surface area contributed by atoms with E-state index in [1.54, 1.807) is 0 Å². The molecule has 0 amide bonds. The van der Waals surface area contributed by atoms with E-state index in [1.807, 2.05) is 12.3 Å². The molecule has 0 N–H and O–H groups in total. The van der Waals surface area contributed by atoms with Crippen molar-refractivity contribution in [3.05, 3.63) is 24.2 Å². The number of likely N-dealkylation sites (tertiary alicyclic amines) is 1. The zero-order valence-electron chi connectivity index (χ0n) is 12.5. The Morgan fingerprint density at radius 1 is 1.24 bits per heavy atom. The number of piperidine rings is 1. The predicted octanol–water partition coefficient (Wildman–Crippen LogP) is 2.90. The van der Waals surface area contributed by atoms with Gasteiger partial charge in [-0.05, 0) is 57.8 Å². The number of hydrogen-bond acceptors (Lipinski definition) is 4. The number of nitrogens with zero attached hydrogens (tertiary/aromatic N) is 4. The maximum Gasteiger partial charge on any atom is 0.161 e. The first kappa shape index (κ1) is 13.2. The molecule has 0 spiro atoms. The van der Waals surface area contributed by atoms with Gasteiger partial charge in [0.25, 0.3) is 0 Å². The Balaban J connectivity index is 1.85. The summed E-state index contributed by atoms with van der Waals surface area (Å²) in [7, 11) is 2.21. The Kier molecular flexibility index (Phi) is 3.39. The minimum absolute atomic E-state index is 0.134. The van der Waals surface area contributed by atoms with Crippen molar-refractivity contribution in [2.24, 2.45) is 0 Å². The molecule has 4 heterocycles. The molecule has 2 unspecified atom stereocenters. The highest BCUT2D eigenvalue weighted by molar-refractivity contribution is 5.71. The van der Waals surface area contributed by atoms with Crippen molar-refractivity contribution in [2.45, 2.75) is 44.4 Å². The van der Waals surface area contributed by atoms with Gasteiger partial charge < -0.3 is 4.74 Å². The molecular formula is C16H22N4O. The van der Waals surface area contributed by atoms with E-state index in [2.05, 4.69) is 27.6 Å². The van der Waals surface area contributed by atoms with Crippen molar-refractivity contribution in [1.29, 1.82) is 0 Å². The molecule has 2 saturated heterocycles. The lowest BCUT2D eigenvalue weighted by molar-refractivity contribution is 0.0822. The molecule has 5 nitrogen and oxygen atoms in total. The lowest BCUT2D eigenvalue weighted by atomic mass is 10.1. The summed E-state index contributed by atoms with van der Waals surface area (Å²) in [4.78, 5) is 11.9. The first-order valence-corrected chi connectivity index (χ1v) is 7.99. The number of hydrogen-bond donors (Lipinski definition) is 0. The van der Waals surface area contributed by atoms with Crippen molar-refractivity contribution in [3.63, 3.8) is 0 Å². The zero-order valence-corrected chi connectivity index (χ0v) is 12.5. The number of imidazole rings is 1. The largest absolute Gasteiger partial charge is 0.370 e. The fourth-order valence-electron chi connectivity index (χ4n) is 3.63. The molecule has 2 aliphatic heterocycles. The van der Waals surface area contributed by atoms with E-state index >= 15 is 0 Å². The molecule has 2 aliphatic rings. The van der Waals surface area contributed by atoms with Gasteiger partial charge in [0.2, 0.25) is 0 Å². The van der Waals surface area contributed by atoms with Crippen LogP contribution in [0.1, 0.15) is 50.2 Å². The van der Waals surface area contributed by atoms with E-state index < -0.39 is 0 Å². The molecule has 0 aromatic carbocycles. The second-order valence-corrected chi connectivity index (χ2v) is 6.14. The molecule has 4 rings (SSSR count). The summed E-state index contributed by atoms with van der Waals surface area (Å²) in [5.41, 5.74) is 1.99. The predicted molar refractivity (Wildman–Crippen MR) is 81.0 cm³/mol. The smallest absolute Gasteiger partial charge is 0.161 e. The molecular weight excluding hydrogens is 264 g/mol. The molecule has 112 valence electrons. The van der Waals surface area contributed by atoms with Gasteiger partial charge in [0, 0.05) is 12.8 Å². The summed E-state index contributed by atoms with van der Waals surface area (Å²) in [5.74, 6) is 1.07. The second kappa shape index (κ2) is 5.39. The lowest BCUT2D eigenvalue weighted by Crippen LogP contribution is -2.34. The Bertz CT molecular complexity index is 632. The van der Waals surface area contributed by atoms with E-state index in [0.29, 0.717) is 6.17 Å². The van der Waals surface area contributed by atoms with Crippen LogP contribution < -0.4 is 0 Å². The standard InChI is InChI=1S/C16H22N4O/c1-19-10-3-2-8-14(19)20-15-12(6-4-9-17-15)18-16(20)13-7-5-11-21-13/h4,6,9,13-14H,2-3,5,7-8,10-11H2,1H3. The molecule has 2 aromatic rings. The summed E-state index contributed by atoms with van der Waals surface area (Å²) < 4.78 is 8.24. The first-order chi connectivity index (χ1) is 10.3. The van der Waals surface area contributed by atoms with Gasteiger partial charge in [-0.3, -0.25) is 9.47 Å². The average Bonchev–Trinajstić information content (AvgIpc) is 3.15. The van der Waals surface area contributed by atoms with Gasteiger partial charge in [0.1, 0.15) is 17.4 Å². The van der Waals surface area contributed by atoms with Crippen LogP contribution in [0.2, 0.25) is 0 Å². The summed E-state index contributed by atoms with van der Waals surface area (Å²) in [6, 6.07) is 4.02. The van der Waals surface area contributed by atoms with Crippen LogP contribution in [0, 0.1) is 0 Å². The summed E-state index contributed by atoms with van der Waals surface area (Å²) in [5, 5.41) is 0. The molecule has 2 atom stereocenters. The van der Waals surface area contributed by atoms with Gasteiger partial charge in [0.05, 0.1) is 6.17 Å². The normalized spacial score (nSPS) is 27.5. The fourth-order valence-corrected chi connectivity index (χ4v) is 3.63. The van der Waals surface area contributed by atoms with Gasteiger partial charge in [-0.1, -0.05) is 0 Å². The van der Waals surface area contributed by atoms with E-state index in [4.69, 9.17) is 9.72 Å². The summed E-state index contributed by atoms with van der Waals surface area (Å²) in [6.45, 7) is 1.99. The molecule has 0 radical (unpaired) electrons. The van der Waals surface area contributed by atoms with E-state index in [1.165, 1.54) is 12.8 Å². The van der Waals surface area contributed by atoms with Crippen LogP contribution in [0.5, 0.6) is 0 Å². The van der Waals surface area contributed by atoms with Crippen LogP contribution >= 0.6 is 0 Å². The molecule has 0 aliphatic carbocycles. The van der Waals surface area contributed by atoms with Crippen LogP contribution in [0.15, 0.2) is 18.3 Å². The van der Waals surface area contributed by atoms with Crippen LogP contribution in [0.25, 0.3) is 11.2 Å². The minimum Gasteiger partial charge on any atom is -0.370 e. The van der Waals surface area contributed by atoms with Gasteiger partial charge in [0.15, 0.2) is 5.65 Å². The Morgan fingerprint density at radius 3 is 3.00 bits per heavy atom. The van der Waals surface area contributed by atoms with E-state index in [0.717, 1.165) is 49.4 Å². The van der Waals surface area contributed by atoms with Crippen LogP contribution in [-0.2, 0) is 4.74 Å². The summed E-state index contributed by atoms with van der Waals surface area (Å²) >= 11 is 0. The van der Waals surface area contributed by atoms with Crippen LogP contribution in [0.4, 0.5) is 0 Å². The van der Waals surface area contributed by atoms with Crippen LogP contribution in [-0.4, -0.2) is 39.6 Å². The Labute approximate surface area is 124 Å². The Morgan fingerprint density at radius 2 is 2.19 bits per heavy atom. The van der Waals surface area contributed by atoms with Crippen molar-refractivity contribution < 1.29 is 4.74 Å². The maximum atomic E-state index is 5.91. The maximum absolute atomic E-state index is 5.91. The topological polar surface area (TPSA) is 43.2 Å². The number of rotatable bonds is 2. The van der Waals surface area contributed by atoms with Gasteiger partial charge in [-0.2, -0.15) is 0 Å². The number of ether oxygens (including phenoxy) is 1. The quantitative estimate of drug-likeness (QED) is 0.851. The van der Waals surface area contributed by atoms with E-state index in [-0.39, 0.29) is 6.10 Å². The summed E-state index contributed by atoms with van der Waals surface area (Å²) in [6.07, 6.45) is 8.27. The van der Waals surface area contributed by atoms with Crippen molar-refractivity contribution >= 4 is 11.2 Å². The molecule has 5 heteroatoms. The van der Waals surface area contributed by atoms with Crippen molar-refractivity contribution in [2.75, 3.05) is 20.2 Å². The van der Waals surface area contributed by atoms with Gasteiger partial charge in [-0.15, -0.1) is 0 Å². The number of pyridine rings is 1. The van der Waals surface area contributed by atoms with Crippen LogP contribution in [0.3, 0.4) is 0 Å². The minimum atomic E-state index is 0.134. The van der Waals surface area contributed by atoms with Crippen molar-refractivity contribution in [3.8, 4) is 0 Å². The third-order valence-corrected chi connectivity index (χ3v) is 4.72. The number of aromatic nitrogens is 3. The van der Waals surface area contributed by atoms with E-state index in [9.17, 15) is 0 Å². The first-order valence-electron chi connectivity index (χ1n) is 7.99. The molecule has 0 bridgehead atoms. The SMILES string of the molecule is CN1CCCCC1n1c(C2CCCO2)nc2cccnc21. The highest BCUT2D eigenvalue weighted by Crippen LogP contribution is 2.35. The second-order valence-electron chi connectivity index (χ2n) is 6.14. The van der Waals surface area contributed by atoms with Gasteiger partial charge in [-0.25, -0.2) is 9.97 Å². The molecule has 21 heavy (non-hydrogen) atoms. The molecule has 2 aromatic heterocycles. The zero-order chi connectivity index (χ0) is 14.2. The highest BCUT2D eigenvalue weighted by Gasteiger charge is 2.30. The number of fused-ring (bicyclic) bond motifs is 1. The fraction of sp³-hybridized carbons (Fsp3) is 0.625. The third-order valence-electron chi connectivity index (χ3n) is 4.72. The third kappa shape index (κ3) is 2.24. The highest BCUT2D eigenvalue weighted by atomic mass is 16.5. The monoisotopic (exact) mass is 286 g/mol. The van der Waals surface area contributed by atoms with Gasteiger partial charge >= 0.3 is 0 Å². The molecule has 0 saturated carbocycles. The average molecular weight is 286 g/mol. The lowest BCUT2D eigenvalue weighted by Gasteiger charge is -2.34. The van der Waals surface area contributed by atoms with Crippen molar-refractivity contribution in [1.82, 2.24) is 19.4 Å². The molecule has 2 fully saturated rings.